The largest absolute Gasteiger partial charge is 0.481 e. The number of amides is 2. The van der Waals surface area contributed by atoms with E-state index in [9.17, 15) is 19.5 Å². The Labute approximate surface area is 239 Å². The van der Waals surface area contributed by atoms with Gasteiger partial charge in [-0.2, -0.15) is 0 Å². The van der Waals surface area contributed by atoms with Gasteiger partial charge in [-0.3, -0.25) is 18.8 Å². The molecule has 4 aromatic rings. The van der Waals surface area contributed by atoms with Gasteiger partial charge in [0.25, 0.3) is 5.91 Å². The minimum absolute atomic E-state index is 0.0891. The van der Waals surface area contributed by atoms with Crippen LogP contribution in [0.1, 0.15) is 61.4 Å². The van der Waals surface area contributed by atoms with Crippen LogP contribution >= 0.6 is 0 Å². The molecule has 4 N–H and O–H groups in total. The summed E-state index contributed by atoms with van der Waals surface area (Å²) in [6.45, 7) is 2.04. The third kappa shape index (κ3) is 6.92. The molecule has 212 valence electrons. The lowest BCUT2D eigenvalue weighted by Gasteiger charge is -2.30. The van der Waals surface area contributed by atoms with E-state index < -0.39 is 12.0 Å². The molecule has 1 fully saturated rings. The summed E-state index contributed by atoms with van der Waals surface area (Å²) in [7, 11) is 0. The Kier molecular flexibility index (Phi) is 8.62. The molecule has 2 amide bonds. The van der Waals surface area contributed by atoms with Crippen LogP contribution in [0.5, 0.6) is 0 Å². The lowest BCUT2D eigenvalue weighted by atomic mass is 9.82. The summed E-state index contributed by atoms with van der Waals surface area (Å²) < 4.78 is 1.91. The number of fused-ring (bicyclic) bond motifs is 1. The number of hydrogen-bond donors (Lipinski definition) is 4. The van der Waals surface area contributed by atoms with Crippen molar-refractivity contribution in [2.45, 2.75) is 58.0 Å². The molecule has 1 atom stereocenters. The van der Waals surface area contributed by atoms with Crippen molar-refractivity contribution in [3.8, 4) is 11.3 Å². The van der Waals surface area contributed by atoms with Gasteiger partial charge in [-0.05, 0) is 48.6 Å². The van der Waals surface area contributed by atoms with Gasteiger partial charge in [0, 0.05) is 42.5 Å². The normalized spacial score (nSPS) is 14.4. The summed E-state index contributed by atoms with van der Waals surface area (Å²) >= 11 is 0. The van der Waals surface area contributed by atoms with E-state index in [1.807, 2.05) is 65.2 Å². The molecule has 0 saturated heterocycles. The minimum Gasteiger partial charge on any atom is -0.481 e. The van der Waals surface area contributed by atoms with E-state index >= 15 is 0 Å². The maximum Gasteiger partial charge on any atom is 0.305 e. The highest BCUT2D eigenvalue weighted by molar-refractivity contribution is 5.96. The molecule has 5 rings (SSSR count). The van der Waals surface area contributed by atoms with Crippen molar-refractivity contribution in [2.75, 3.05) is 10.6 Å². The molecule has 41 heavy (non-hydrogen) atoms. The summed E-state index contributed by atoms with van der Waals surface area (Å²) in [5.74, 6) is -0.412. The van der Waals surface area contributed by atoms with Crippen LogP contribution in [0, 0.1) is 5.92 Å². The van der Waals surface area contributed by atoms with Crippen molar-refractivity contribution in [3.05, 3.63) is 84.1 Å². The number of hydrogen-bond acceptors (Lipinski definition) is 5. The van der Waals surface area contributed by atoms with Gasteiger partial charge in [0.2, 0.25) is 5.91 Å². The average molecular weight is 554 g/mol. The topological polar surface area (TPSA) is 125 Å². The number of aliphatic carboxylic acids is 1. The molecule has 1 saturated carbocycles. The first-order valence-electron chi connectivity index (χ1n) is 14.1. The summed E-state index contributed by atoms with van der Waals surface area (Å²) in [5.41, 5.74) is 4.37. The Balaban J connectivity index is 1.45. The Hall–Kier alpha value is -4.66. The molecule has 0 spiro atoms. The predicted octanol–water partition coefficient (Wildman–Crippen LogP) is 5.73. The lowest BCUT2D eigenvalue weighted by Crippen LogP contribution is -2.42. The van der Waals surface area contributed by atoms with Crippen molar-refractivity contribution in [1.82, 2.24) is 14.7 Å². The molecule has 0 radical (unpaired) electrons. The quantitative estimate of drug-likeness (QED) is 0.199. The molecule has 2 aromatic carbocycles. The zero-order valence-electron chi connectivity index (χ0n) is 23.1. The van der Waals surface area contributed by atoms with Crippen LogP contribution in [-0.2, 0) is 16.1 Å². The van der Waals surface area contributed by atoms with Crippen LogP contribution < -0.4 is 16.0 Å². The molecule has 2 heterocycles. The second-order valence-corrected chi connectivity index (χ2v) is 10.6. The van der Waals surface area contributed by atoms with Crippen molar-refractivity contribution >= 4 is 34.9 Å². The summed E-state index contributed by atoms with van der Waals surface area (Å²) in [6, 6.07) is 20.6. The van der Waals surface area contributed by atoms with Gasteiger partial charge in [-0.15, -0.1) is 0 Å². The maximum absolute atomic E-state index is 13.3. The first-order chi connectivity index (χ1) is 19.9. The average Bonchev–Trinajstić information content (AvgIpc) is 3.34. The number of carbonyl (C=O) groups excluding carboxylic acids is 2. The first kappa shape index (κ1) is 27.9. The molecule has 1 aliphatic rings. The van der Waals surface area contributed by atoms with Crippen molar-refractivity contribution in [2.24, 2.45) is 5.92 Å². The second-order valence-electron chi connectivity index (χ2n) is 10.6. The number of benzene rings is 2. The van der Waals surface area contributed by atoms with Gasteiger partial charge in [0.05, 0.1) is 6.42 Å². The zero-order chi connectivity index (χ0) is 28.8. The monoisotopic (exact) mass is 553 g/mol. The fourth-order valence-corrected chi connectivity index (χ4v) is 5.56. The van der Waals surface area contributed by atoms with Crippen molar-refractivity contribution in [1.29, 1.82) is 0 Å². The number of nitrogens with zero attached hydrogens (tertiary/aromatic N) is 2. The van der Waals surface area contributed by atoms with E-state index in [1.165, 1.54) is 6.92 Å². The van der Waals surface area contributed by atoms with E-state index in [0.29, 0.717) is 29.1 Å². The fourth-order valence-electron chi connectivity index (χ4n) is 5.56. The van der Waals surface area contributed by atoms with Crippen molar-refractivity contribution in [3.63, 3.8) is 0 Å². The number of carboxylic acid groups (broad SMARTS) is 1. The highest BCUT2D eigenvalue weighted by atomic mass is 16.4. The van der Waals surface area contributed by atoms with Crippen molar-refractivity contribution < 1.29 is 19.5 Å². The van der Waals surface area contributed by atoms with Gasteiger partial charge in [0.15, 0.2) is 0 Å². The van der Waals surface area contributed by atoms with Crippen LogP contribution in [-0.4, -0.2) is 38.3 Å². The molecule has 0 bridgehead atoms. The molecule has 9 nitrogen and oxygen atoms in total. The number of anilines is 2. The number of aromatic nitrogens is 2. The zero-order valence-corrected chi connectivity index (χ0v) is 23.1. The first-order valence-corrected chi connectivity index (χ1v) is 14.1. The van der Waals surface area contributed by atoms with E-state index in [-0.39, 0.29) is 24.2 Å². The van der Waals surface area contributed by atoms with Crippen LogP contribution in [0.15, 0.2) is 72.9 Å². The number of carboxylic acids is 1. The molecular weight excluding hydrogens is 518 g/mol. The van der Waals surface area contributed by atoms with E-state index in [4.69, 9.17) is 4.98 Å². The molecule has 1 aliphatic carbocycles. The number of nitrogens with one attached hydrogen (secondary N) is 3. The molecule has 2 aromatic heterocycles. The van der Waals surface area contributed by atoms with E-state index in [0.717, 1.165) is 49.0 Å². The Morgan fingerprint density at radius 2 is 1.73 bits per heavy atom. The van der Waals surface area contributed by atoms with Crippen LogP contribution in [0.25, 0.3) is 16.9 Å². The molecule has 9 heteroatoms. The number of pyridine rings is 1. The minimum atomic E-state index is -0.909. The Morgan fingerprint density at radius 3 is 2.41 bits per heavy atom. The number of imidazole rings is 1. The highest BCUT2D eigenvalue weighted by Gasteiger charge is 2.28. The number of carbonyl (C=O) groups is 3. The number of rotatable bonds is 10. The van der Waals surface area contributed by atoms with Gasteiger partial charge < -0.3 is 21.1 Å². The molecule has 1 unspecified atom stereocenters. The Bertz CT molecular complexity index is 1530. The second kappa shape index (κ2) is 12.7. The summed E-state index contributed by atoms with van der Waals surface area (Å²) in [5, 5.41) is 18.8. The smallest absolute Gasteiger partial charge is 0.305 e. The van der Waals surface area contributed by atoms with Gasteiger partial charge in [-0.25, -0.2) is 4.98 Å². The van der Waals surface area contributed by atoms with Gasteiger partial charge in [-0.1, -0.05) is 61.7 Å². The maximum atomic E-state index is 13.3. The lowest BCUT2D eigenvalue weighted by molar-refractivity contribution is -0.137. The van der Waals surface area contributed by atoms with Crippen LogP contribution in [0.2, 0.25) is 0 Å². The summed E-state index contributed by atoms with van der Waals surface area (Å²) in [4.78, 5) is 41.2. The van der Waals surface area contributed by atoms with E-state index in [2.05, 4.69) is 16.0 Å². The SMILES string of the molecule is CC(=O)Nc1ccc(-c2nc3cc(C(=O)NC(CC(=O)O)C4CCCCC4)ccn3c2NCc2ccccc2)cc1. The van der Waals surface area contributed by atoms with Gasteiger partial charge in [0.1, 0.15) is 17.2 Å². The molecular formula is C32H35N5O4. The highest BCUT2D eigenvalue weighted by Crippen LogP contribution is 2.31. The third-order valence-electron chi connectivity index (χ3n) is 7.60. The van der Waals surface area contributed by atoms with E-state index in [1.54, 1.807) is 12.1 Å². The third-order valence-corrected chi connectivity index (χ3v) is 7.60. The standard InChI is InChI=1S/C32H35N5O4/c1-21(38)34-26-14-12-24(13-15-26)30-31(33-20-22-8-4-2-5-9-22)37-17-16-25(18-28(37)36-30)32(41)35-27(19-29(39)40)23-10-6-3-7-11-23/h2,4-5,8-9,12-18,23,27,33H,3,6-7,10-11,19-20H2,1H3,(H,34,38)(H,35,41)(H,39,40). The van der Waals surface area contributed by atoms with Crippen LogP contribution in [0.3, 0.4) is 0 Å². The Morgan fingerprint density at radius 1 is 1.00 bits per heavy atom. The van der Waals surface area contributed by atoms with Gasteiger partial charge >= 0.3 is 5.97 Å². The fraction of sp³-hybridized carbons (Fsp3) is 0.312. The van der Waals surface area contributed by atoms with Crippen LogP contribution in [0.4, 0.5) is 11.5 Å². The summed E-state index contributed by atoms with van der Waals surface area (Å²) in [6.07, 6.45) is 6.85. The predicted molar refractivity (Wildman–Crippen MR) is 159 cm³/mol. The molecule has 0 aliphatic heterocycles.